The minimum atomic E-state index is -2.09. The van der Waals surface area contributed by atoms with E-state index in [-0.39, 0.29) is 30.7 Å². The number of ether oxygens (including phenoxy) is 2. The number of thioether (sulfide) groups is 1. The van der Waals surface area contributed by atoms with Crippen molar-refractivity contribution >= 4 is 80.8 Å². The first kappa shape index (κ1) is 50.5. The Morgan fingerprint density at radius 3 is 2.14 bits per heavy atom. The van der Waals surface area contributed by atoms with E-state index in [1.54, 1.807) is 78.1 Å². The first-order valence-electron chi connectivity index (χ1n) is 21.7. The van der Waals surface area contributed by atoms with Crippen molar-refractivity contribution in [3.63, 3.8) is 0 Å². The lowest BCUT2D eigenvalue weighted by molar-refractivity contribution is -0.146. The van der Waals surface area contributed by atoms with Crippen LogP contribution in [0.2, 0.25) is 0 Å². The van der Waals surface area contributed by atoms with Crippen molar-refractivity contribution in [2.45, 2.75) is 109 Å². The highest BCUT2D eigenvalue weighted by atomic mass is 32.2. The standard InChI is InChI=1S/C47H60N8O10S/c1-46(2,3)64-44(62)53-33(17-11-12-20-48)39(57)35-24-55(37(56)26-66-25-36(43(61)51-35)52-42(60)29-19-18-27-13-7-8-14-28(27)21-29)38(41(49)59)40(58)34(54-45(63)65-47(4,5)6)22-30-23-50-32-16-10-9-15-31(30)32/h7-10,13-16,18-19,21,23,33-36,38,50H,11-12,17,20,22,24-26,48H2,1-6H3,(H2,49,59)(H,51,61)(H,52,60)(H,53,62)(H,54,63)/t33-,34-,35?,36?,38?/m0/s1. The molecule has 1 aromatic heterocycles. The molecule has 1 saturated heterocycles. The maximum Gasteiger partial charge on any atom is 0.408 e. The van der Waals surface area contributed by atoms with Gasteiger partial charge in [0.25, 0.3) is 5.91 Å². The second-order valence-corrected chi connectivity index (χ2v) is 19.1. The Labute approximate surface area is 387 Å². The van der Waals surface area contributed by atoms with Crippen LogP contribution >= 0.6 is 11.8 Å². The minimum absolute atomic E-state index is 0.0260. The van der Waals surface area contributed by atoms with Gasteiger partial charge in [0.05, 0.1) is 17.8 Å². The number of Topliss-reactive ketones (excluding diaryl/α,β-unsaturated/α-hetero) is 2. The molecule has 0 saturated carbocycles. The highest BCUT2D eigenvalue weighted by Crippen LogP contribution is 2.23. The fourth-order valence-electron chi connectivity index (χ4n) is 7.43. The van der Waals surface area contributed by atoms with E-state index in [0.717, 1.165) is 38.3 Å². The molecule has 0 radical (unpaired) electrons. The van der Waals surface area contributed by atoms with Crippen molar-refractivity contribution < 1.29 is 47.8 Å². The predicted molar refractivity (Wildman–Crippen MR) is 250 cm³/mol. The molecule has 4 aromatic rings. The van der Waals surface area contributed by atoms with Gasteiger partial charge in [0.1, 0.15) is 23.3 Å². The Morgan fingerprint density at radius 1 is 0.848 bits per heavy atom. The number of alkyl carbamates (subject to hydrolysis) is 2. The summed E-state index contributed by atoms with van der Waals surface area (Å²) in [5.41, 5.74) is 11.4. The molecule has 66 heavy (non-hydrogen) atoms. The zero-order valence-electron chi connectivity index (χ0n) is 38.1. The van der Waals surface area contributed by atoms with E-state index >= 15 is 0 Å². The smallest absolute Gasteiger partial charge is 0.408 e. The average Bonchev–Trinajstić information content (AvgIpc) is 3.65. The largest absolute Gasteiger partial charge is 0.444 e. The number of H-pyrrole nitrogens is 1. The van der Waals surface area contributed by atoms with E-state index in [2.05, 4.69) is 26.3 Å². The molecule has 1 aliphatic heterocycles. The molecule has 0 aliphatic carbocycles. The number of nitrogens with two attached hydrogens (primary N) is 2. The third-order valence-corrected chi connectivity index (χ3v) is 11.5. The molecule has 2 heterocycles. The molecular weight excluding hydrogens is 869 g/mol. The van der Waals surface area contributed by atoms with Gasteiger partial charge >= 0.3 is 12.2 Å². The summed E-state index contributed by atoms with van der Waals surface area (Å²) >= 11 is 0.935. The second-order valence-electron chi connectivity index (χ2n) is 18.1. The number of fused-ring (bicyclic) bond motifs is 2. The number of carbonyl (C=O) groups is 8. The van der Waals surface area contributed by atoms with Gasteiger partial charge in [-0.2, -0.15) is 0 Å². The quantitative estimate of drug-likeness (QED) is 0.0627. The van der Waals surface area contributed by atoms with Crippen molar-refractivity contribution in [3.8, 4) is 0 Å². The summed E-state index contributed by atoms with van der Waals surface area (Å²) in [6.45, 7) is 9.28. The van der Waals surface area contributed by atoms with Gasteiger partial charge in [0.15, 0.2) is 17.6 Å². The fraction of sp³-hybridized carbons (Fsp3) is 0.447. The number of hydrogen-bond acceptors (Lipinski definition) is 12. The normalized spacial score (nSPS) is 17.5. The highest BCUT2D eigenvalue weighted by molar-refractivity contribution is 8.00. The number of unbranched alkanes of at least 4 members (excludes halogenated alkanes) is 1. The van der Waals surface area contributed by atoms with E-state index in [1.807, 2.05) is 36.4 Å². The first-order chi connectivity index (χ1) is 31.1. The van der Waals surface area contributed by atoms with Crippen molar-refractivity contribution in [2.24, 2.45) is 11.5 Å². The van der Waals surface area contributed by atoms with Crippen LogP contribution in [0.3, 0.4) is 0 Å². The monoisotopic (exact) mass is 928 g/mol. The lowest BCUT2D eigenvalue weighted by Gasteiger charge is -2.36. The lowest BCUT2D eigenvalue weighted by atomic mass is 9.94. The molecular formula is C47H60N8O10S. The molecule has 9 N–H and O–H groups in total. The van der Waals surface area contributed by atoms with Gasteiger partial charge in [-0.25, -0.2) is 9.59 Å². The zero-order chi connectivity index (χ0) is 48.3. The van der Waals surface area contributed by atoms with Crippen molar-refractivity contribution in [1.29, 1.82) is 0 Å². The Balaban J connectivity index is 1.54. The van der Waals surface area contributed by atoms with Gasteiger partial charge in [-0.3, -0.25) is 28.8 Å². The topological polar surface area (TPSA) is 274 Å². The predicted octanol–water partition coefficient (Wildman–Crippen LogP) is 3.63. The molecule has 18 nitrogen and oxygen atoms in total. The number of benzene rings is 3. The van der Waals surface area contributed by atoms with Crippen LogP contribution in [-0.4, -0.2) is 123 Å². The zero-order valence-corrected chi connectivity index (χ0v) is 38.9. The number of amides is 6. The van der Waals surface area contributed by atoms with Crippen LogP contribution in [-0.2, 0) is 39.9 Å². The summed E-state index contributed by atoms with van der Waals surface area (Å²) in [5.74, 6) is -5.96. The molecule has 1 fully saturated rings. The molecule has 19 heteroatoms. The molecule has 0 bridgehead atoms. The van der Waals surface area contributed by atoms with Crippen LogP contribution in [0.4, 0.5) is 9.59 Å². The molecule has 3 unspecified atom stereocenters. The summed E-state index contributed by atoms with van der Waals surface area (Å²) in [4.78, 5) is 116. The number of primary amides is 1. The molecule has 5 rings (SSSR count). The Hall–Kier alpha value is -6.47. The van der Waals surface area contributed by atoms with Crippen LogP contribution in [0, 0.1) is 0 Å². The Bertz CT molecular complexity index is 2440. The summed E-state index contributed by atoms with van der Waals surface area (Å²) < 4.78 is 10.9. The number of carbonyl (C=O) groups excluding carboxylic acids is 8. The third kappa shape index (κ3) is 14.0. The number of nitrogens with zero attached hydrogens (tertiary/aromatic N) is 1. The number of nitrogens with one attached hydrogen (secondary N) is 5. The molecule has 1 aliphatic rings. The fourth-order valence-corrected chi connectivity index (χ4v) is 8.36. The van der Waals surface area contributed by atoms with Crippen molar-refractivity contribution in [2.75, 3.05) is 24.6 Å². The summed E-state index contributed by atoms with van der Waals surface area (Å²) in [5, 5.41) is 12.9. The van der Waals surface area contributed by atoms with E-state index in [4.69, 9.17) is 20.9 Å². The molecule has 6 amide bonds. The SMILES string of the molecule is CC(C)(C)OC(=O)N[C@@H](CCCCN)C(=O)C1CN(C(C(N)=O)C(=O)[C@H](Cc2c[nH]c3ccccc23)NC(=O)OC(C)(C)C)C(=O)CSCC(NC(=O)c2ccc3ccccc3c2)C(=O)N1. The Morgan fingerprint density at radius 2 is 1.48 bits per heavy atom. The lowest BCUT2D eigenvalue weighted by Crippen LogP contribution is -2.65. The van der Waals surface area contributed by atoms with Crippen LogP contribution in [0.15, 0.2) is 72.9 Å². The van der Waals surface area contributed by atoms with E-state index in [9.17, 15) is 38.4 Å². The first-order valence-corrected chi connectivity index (χ1v) is 22.9. The van der Waals surface area contributed by atoms with Crippen molar-refractivity contribution in [1.82, 2.24) is 31.2 Å². The van der Waals surface area contributed by atoms with Gasteiger partial charge in [0.2, 0.25) is 17.7 Å². The van der Waals surface area contributed by atoms with Gasteiger partial charge < -0.3 is 52.1 Å². The Kier molecular flexibility index (Phi) is 17.0. The second kappa shape index (κ2) is 22.1. The van der Waals surface area contributed by atoms with Crippen LogP contribution in [0.25, 0.3) is 21.7 Å². The highest BCUT2D eigenvalue weighted by Gasteiger charge is 2.43. The van der Waals surface area contributed by atoms with Gasteiger partial charge in [0, 0.05) is 41.4 Å². The number of aromatic nitrogens is 1. The van der Waals surface area contributed by atoms with Crippen LogP contribution in [0.5, 0.6) is 0 Å². The molecule has 354 valence electrons. The van der Waals surface area contributed by atoms with Gasteiger partial charge in [-0.05, 0) is 102 Å². The minimum Gasteiger partial charge on any atom is -0.444 e. The number of rotatable bonds is 16. The van der Waals surface area contributed by atoms with E-state index < -0.39 is 101 Å². The average molecular weight is 929 g/mol. The van der Waals surface area contributed by atoms with E-state index in [1.165, 1.54) is 0 Å². The van der Waals surface area contributed by atoms with Crippen LogP contribution < -0.4 is 32.7 Å². The molecule has 3 aromatic carbocycles. The maximum absolute atomic E-state index is 14.9. The summed E-state index contributed by atoms with van der Waals surface area (Å²) in [6.07, 6.45) is 0.375. The number of hydrogen-bond donors (Lipinski definition) is 7. The van der Waals surface area contributed by atoms with Crippen LogP contribution in [0.1, 0.15) is 76.7 Å². The number of aromatic amines is 1. The summed E-state index contributed by atoms with van der Waals surface area (Å²) in [7, 11) is 0. The van der Waals surface area contributed by atoms with E-state index in [0.29, 0.717) is 18.4 Å². The van der Waals surface area contributed by atoms with Crippen molar-refractivity contribution in [3.05, 3.63) is 84.1 Å². The van der Waals surface area contributed by atoms with Gasteiger partial charge in [-0.1, -0.05) is 48.5 Å². The molecule has 0 spiro atoms. The summed E-state index contributed by atoms with van der Waals surface area (Å²) in [6, 6.07) is 11.8. The number of ketones is 2. The number of para-hydroxylation sites is 1. The van der Waals surface area contributed by atoms with Gasteiger partial charge in [-0.15, -0.1) is 11.8 Å². The maximum atomic E-state index is 14.9. The molecule has 5 atom stereocenters. The third-order valence-electron chi connectivity index (χ3n) is 10.5.